The Balaban J connectivity index is 1.73. The SMILES string of the molecule is O=C(NCc1ccccc1)NS(=O)(=O)c1ccc2oc(=O)ccc2c1. The molecule has 25 heavy (non-hydrogen) atoms. The van der Waals surface area contributed by atoms with Crippen molar-refractivity contribution in [2.24, 2.45) is 0 Å². The number of sulfonamides is 1. The first-order chi connectivity index (χ1) is 11.9. The van der Waals surface area contributed by atoms with Gasteiger partial charge in [-0.1, -0.05) is 30.3 Å². The molecule has 128 valence electrons. The van der Waals surface area contributed by atoms with Gasteiger partial charge in [0.25, 0.3) is 10.0 Å². The maximum Gasteiger partial charge on any atom is 0.336 e. The highest BCUT2D eigenvalue weighted by atomic mass is 32.2. The second kappa shape index (κ2) is 6.78. The Hall–Kier alpha value is -3.13. The van der Waals surface area contributed by atoms with Gasteiger partial charge in [0.2, 0.25) is 0 Å². The molecule has 8 heteroatoms. The fraction of sp³-hybridized carbons (Fsp3) is 0.0588. The second-order valence-corrected chi connectivity index (χ2v) is 6.91. The number of nitrogens with one attached hydrogen (secondary N) is 2. The summed E-state index contributed by atoms with van der Waals surface area (Å²) in [6.45, 7) is 0.199. The number of benzene rings is 2. The van der Waals surface area contributed by atoms with E-state index in [-0.39, 0.29) is 17.0 Å². The fourth-order valence-electron chi connectivity index (χ4n) is 2.21. The first-order valence-corrected chi connectivity index (χ1v) is 8.81. The second-order valence-electron chi connectivity index (χ2n) is 5.23. The quantitative estimate of drug-likeness (QED) is 0.694. The molecule has 0 aliphatic heterocycles. The van der Waals surface area contributed by atoms with Gasteiger partial charge < -0.3 is 9.73 Å². The number of hydrogen-bond donors (Lipinski definition) is 2. The molecule has 0 radical (unpaired) electrons. The zero-order chi connectivity index (χ0) is 17.9. The molecule has 0 aliphatic carbocycles. The smallest absolute Gasteiger partial charge is 0.336 e. The predicted molar refractivity (Wildman–Crippen MR) is 91.5 cm³/mol. The molecular formula is C17H14N2O5S. The molecule has 1 aromatic heterocycles. The Kier molecular flexibility index (Phi) is 4.53. The van der Waals surface area contributed by atoms with Crippen molar-refractivity contribution in [2.45, 2.75) is 11.4 Å². The van der Waals surface area contributed by atoms with Gasteiger partial charge in [-0.15, -0.1) is 0 Å². The van der Waals surface area contributed by atoms with Crippen molar-refractivity contribution >= 4 is 27.0 Å². The van der Waals surface area contributed by atoms with E-state index in [1.165, 1.54) is 30.3 Å². The lowest BCUT2D eigenvalue weighted by molar-refractivity contribution is 0.245. The molecule has 0 fully saturated rings. The summed E-state index contributed by atoms with van der Waals surface area (Å²) in [5.41, 5.74) is 0.581. The lowest BCUT2D eigenvalue weighted by atomic mass is 10.2. The highest BCUT2D eigenvalue weighted by Gasteiger charge is 2.18. The molecule has 1 heterocycles. The summed E-state index contributed by atoms with van der Waals surface area (Å²) in [6.07, 6.45) is 0. The van der Waals surface area contributed by atoms with E-state index in [0.717, 1.165) is 5.56 Å². The Morgan fingerprint density at radius 1 is 1.00 bits per heavy atom. The van der Waals surface area contributed by atoms with Gasteiger partial charge in [-0.25, -0.2) is 22.7 Å². The van der Waals surface area contributed by atoms with Crippen LogP contribution in [-0.4, -0.2) is 14.4 Å². The molecule has 7 nitrogen and oxygen atoms in total. The van der Waals surface area contributed by atoms with Crippen molar-refractivity contribution in [3.63, 3.8) is 0 Å². The van der Waals surface area contributed by atoms with Crippen LogP contribution in [0, 0.1) is 0 Å². The first kappa shape index (κ1) is 16.7. The zero-order valence-corrected chi connectivity index (χ0v) is 13.7. The number of hydrogen-bond acceptors (Lipinski definition) is 5. The van der Waals surface area contributed by atoms with Crippen LogP contribution in [0.1, 0.15) is 5.56 Å². The van der Waals surface area contributed by atoms with Crippen LogP contribution in [0.4, 0.5) is 4.79 Å². The molecule has 3 rings (SSSR count). The van der Waals surface area contributed by atoms with Gasteiger partial charge in [-0.3, -0.25) is 0 Å². The van der Waals surface area contributed by atoms with Crippen molar-refractivity contribution in [1.29, 1.82) is 0 Å². The first-order valence-electron chi connectivity index (χ1n) is 7.32. The highest BCUT2D eigenvalue weighted by Crippen LogP contribution is 2.17. The third kappa shape index (κ3) is 4.04. The van der Waals surface area contributed by atoms with Crippen LogP contribution in [-0.2, 0) is 16.6 Å². The predicted octanol–water partition coefficient (Wildman–Crippen LogP) is 1.98. The summed E-state index contributed by atoms with van der Waals surface area (Å²) < 4.78 is 31.5. The van der Waals surface area contributed by atoms with Gasteiger partial charge in [-0.2, -0.15) is 0 Å². The summed E-state index contributed by atoms with van der Waals surface area (Å²) in [5, 5.41) is 2.92. The molecule has 2 aromatic carbocycles. The van der Waals surface area contributed by atoms with E-state index in [4.69, 9.17) is 4.42 Å². The van der Waals surface area contributed by atoms with Gasteiger partial charge in [0, 0.05) is 18.0 Å². The number of carbonyl (C=O) groups excluding carboxylic acids is 1. The van der Waals surface area contributed by atoms with Gasteiger partial charge in [0.15, 0.2) is 0 Å². The molecule has 3 aromatic rings. The van der Waals surface area contributed by atoms with Gasteiger partial charge in [0.05, 0.1) is 4.90 Å². The van der Waals surface area contributed by atoms with Gasteiger partial charge in [-0.05, 0) is 29.8 Å². The van der Waals surface area contributed by atoms with Crippen molar-refractivity contribution < 1.29 is 17.6 Å². The number of fused-ring (bicyclic) bond motifs is 1. The van der Waals surface area contributed by atoms with Crippen molar-refractivity contribution in [3.8, 4) is 0 Å². The Labute approximate surface area is 143 Å². The molecule has 0 atom stereocenters. The summed E-state index contributed by atoms with van der Waals surface area (Å²) in [4.78, 5) is 22.9. The van der Waals surface area contributed by atoms with E-state index in [0.29, 0.717) is 5.39 Å². The van der Waals surface area contributed by atoms with Crippen LogP contribution in [0.25, 0.3) is 11.0 Å². The number of rotatable bonds is 4. The average Bonchev–Trinajstić information content (AvgIpc) is 2.60. The molecule has 0 unspecified atom stereocenters. The summed E-state index contributed by atoms with van der Waals surface area (Å²) in [7, 11) is -4.05. The van der Waals surface area contributed by atoms with E-state index in [1.807, 2.05) is 35.1 Å². The van der Waals surface area contributed by atoms with Crippen LogP contribution in [0.3, 0.4) is 0 Å². The van der Waals surface area contributed by atoms with E-state index < -0.39 is 21.7 Å². The molecule has 0 saturated carbocycles. The normalized spacial score (nSPS) is 11.2. The van der Waals surface area contributed by atoms with Gasteiger partial charge in [0.1, 0.15) is 5.58 Å². The summed E-state index contributed by atoms with van der Waals surface area (Å²) in [5.74, 6) is 0. The van der Waals surface area contributed by atoms with Crippen LogP contribution >= 0.6 is 0 Å². The monoisotopic (exact) mass is 358 g/mol. The Morgan fingerprint density at radius 3 is 2.52 bits per heavy atom. The lowest BCUT2D eigenvalue weighted by Gasteiger charge is -2.09. The molecule has 0 saturated heterocycles. The number of amides is 2. The van der Waals surface area contributed by atoms with E-state index in [9.17, 15) is 18.0 Å². The van der Waals surface area contributed by atoms with E-state index in [2.05, 4.69) is 5.32 Å². The zero-order valence-electron chi connectivity index (χ0n) is 12.9. The maximum atomic E-state index is 12.3. The summed E-state index contributed by atoms with van der Waals surface area (Å²) >= 11 is 0. The molecule has 2 N–H and O–H groups in total. The average molecular weight is 358 g/mol. The van der Waals surface area contributed by atoms with Crippen molar-refractivity contribution in [2.75, 3.05) is 0 Å². The third-order valence-electron chi connectivity index (χ3n) is 3.42. The van der Waals surface area contributed by atoms with Crippen LogP contribution < -0.4 is 15.7 Å². The maximum absolute atomic E-state index is 12.3. The molecule has 0 spiro atoms. The largest absolute Gasteiger partial charge is 0.423 e. The molecule has 0 aliphatic rings. The third-order valence-corrected chi connectivity index (χ3v) is 4.75. The minimum absolute atomic E-state index is 0.108. The van der Waals surface area contributed by atoms with Crippen LogP contribution in [0.5, 0.6) is 0 Å². The number of carbonyl (C=O) groups is 1. The number of urea groups is 1. The van der Waals surface area contributed by atoms with Crippen LogP contribution in [0.15, 0.2) is 74.8 Å². The molecule has 0 bridgehead atoms. The Morgan fingerprint density at radius 2 is 1.76 bits per heavy atom. The van der Waals surface area contributed by atoms with Gasteiger partial charge >= 0.3 is 11.7 Å². The van der Waals surface area contributed by atoms with Crippen LogP contribution in [0.2, 0.25) is 0 Å². The lowest BCUT2D eigenvalue weighted by Crippen LogP contribution is -2.39. The van der Waals surface area contributed by atoms with E-state index >= 15 is 0 Å². The minimum atomic E-state index is -4.05. The topological polar surface area (TPSA) is 105 Å². The molecule has 2 amide bonds. The van der Waals surface area contributed by atoms with Crippen molar-refractivity contribution in [3.05, 3.63) is 76.6 Å². The Bertz CT molecular complexity index is 1070. The minimum Gasteiger partial charge on any atom is -0.423 e. The summed E-state index contributed by atoms with van der Waals surface area (Å²) in [6, 6.07) is 14.9. The molecular weight excluding hydrogens is 344 g/mol. The van der Waals surface area contributed by atoms with Crippen molar-refractivity contribution in [1.82, 2.24) is 10.0 Å². The highest BCUT2D eigenvalue weighted by molar-refractivity contribution is 7.90. The van der Waals surface area contributed by atoms with E-state index in [1.54, 1.807) is 0 Å². The fourth-order valence-corrected chi connectivity index (χ4v) is 3.18. The standard InChI is InChI=1S/C17H14N2O5S/c20-16-9-6-13-10-14(7-8-15(13)24-16)25(22,23)19-17(21)18-11-12-4-2-1-3-5-12/h1-10H,11H2,(H2,18,19,21).